The molecular formula is C12H12ClN3OS. The number of benzene rings is 1. The lowest BCUT2D eigenvalue weighted by Gasteiger charge is -2.07. The fourth-order valence-electron chi connectivity index (χ4n) is 1.46. The molecule has 0 aliphatic carbocycles. The van der Waals surface area contributed by atoms with Crippen molar-refractivity contribution in [3.05, 3.63) is 46.7 Å². The van der Waals surface area contributed by atoms with E-state index in [1.54, 1.807) is 36.3 Å². The van der Waals surface area contributed by atoms with E-state index >= 15 is 0 Å². The van der Waals surface area contributed by atoms with Crippen molar-refractivity contribution in [3.8, 4) is 0 Å². The summed E-state index contributed by atoms with van der Waals surface area (Å²) < 4.78 is 0. The Kier molecular flexibility index (Phi) is 4.28. The summed E-state index contributed by atoms with van der Waals surface area (Å²) in [6.07, 6.45) is 5.36. The van der Waals surface area contributed by atoms with Gasteiger partial charge in [-0.2, -0.15) is 5.10 Å². The number of nitrogens with one attached hydrogen (secondary N) is 2. The van der Waals surface area contributed by atoms with Gasteiger partial charge in [-0.15, -0.1) is 11.8 Å². The first kappa shape index (κ1) is 13.0. The van der Waals surface area contributed by atoms with Crippen LogP contribution in [0.3, 0.4) is 0 Å². The molecule has 0 spiro atoms. The smallest absolute Gasteiger partial charge is 0.253 e. The number of thioether (sulfide) groups is 1. The van der Waals surface area contributed by atoms with Gasteiger partial charge in [0.1, 0.15) is 0 Å². The number of carbonyl (C=O) groups excluding carboxylic acids is 1. The van der Waals surface area contributed by atoms with E-state index in [-0.39, 0.29) is 5.91 Å². The zero-order valence-corrected chi connectivity index (χ0v) is 11.3. The van der Waals surface area contributed by atoms with Crippen LogP contribution in [-0.4, -0.2) is 22.4 Å². The van der Waals surface area contributed by atoms with Crippen LogP contribution in [0.15, 0.2) is 35.5 Å². The van der Waals surface area contributed by atoms with Crippen LogP contribution in [0, 0.1) is 0 Å². The Hall–Kier alpha value is -1.46. The molecule has 2 aromatic rings. The van der Waals surface area contributed by atoms with E-state index in [1.807, 2.05) is 12.3 Å². The lowest BCUT2D eigenvalue weighted by atomic mass is 10.2. The van der Waals surface area contributed by atoms with Crippen LogP contribution in [-0.2, 0) is 6.54 Å². The average Bonchev–Trinajstić information content (AvgIpc) is 2.89. The van der Waals surface area contributed by atoms with Crippen molar-refractivity contribution in [2.45, 2.75) is 11.4 Å². The third kappa shape index (κ3) is 3.05. The monoisotopic (exact) mass is 281 g/mol. The fraction of sp³-hybridized carbons (Fsp3) is 0.167. The van der Waals surface area contributed by atoms with E-state index in [1.165, 1.54) is 0 Å². The van der Waals surface area contributed by atoms with E-state index in [2.05, 4.69) is 15.5 Å². The number of H-pyrrole nitrogens is 1. The molecule has 4 nitrogen and oxygen atoms in total. The first-order valence-electron chi connectivity index (χ1n) is 5.30. The minimum Gasteiger partial charge on any atom is -0.348 e. The van der Waals surface area contributed by atoms with E-state index in [0.29, 0.717) is 17.1 Å². The number of hydrogen-bond donors (Lipinski definition) is 2. The molecule has 0 aliphatic rings. The van der Waals surface area contributed by atoms with Gasteiger partial charge in [0.15, 0.2) is 0 Å². The summed E-state index contributed by atoms with van der Waals surface area (Å²) in [5.41, 5.74) is 1.41. The Morgan fingerprint density at radius 3 is 3.06 bits per heavy atom. The predicted octanol–water partition coefficient (Wildman–Crippen LogP) is 2.72. The summed E-state index contributed by atoms with van der Waals surface area (Å²) in [5, 5.41) is 9.76. The molecule has 0 atom stereocenters. The molecule has 0 fully saturated rings. The maximum atomic E-state index is 12.0. The van der Waals surface area contributed by atoms with Crippen molar-refractivity contribution in [1.82, 2.24) is 15.5 Å². The summed E-state index contributed by atoms with van der Waals surface area (Å²) in [5.74, 6) is -0.183. The van der Waals surface area contributed by atoms with Gasteiger partial charge in [0, 0.05) is 23.2 Å². The zero-order valence-electron chi connectivity index (χ0n) is 9.74. The number of amides is 1. The van der Waals surface area contributed by atoms with Crippen LogP contribution in [0.5, 0.6) is 0 Å². The molecule has 2 N–H and O–H groups in total. The van der Waals surface area contributed by atoms with E-state index in [4.69, 9.17) is 11.6 Å². The Labute approximate surface area is 114 Å². The van der Waals surface area contributed by atoms with Gasteiger partial charge < -0.3 is 5.32 Å². The number of aromatic nitrogens is 2. The van der Waals surface area contributed by atoms with Crippen molar-refractivity contribution < 1.29 is 4.79 Å². The summed E-state index contributed by atoms with van der Waals surface area (Å²) in [6.45, 7) is 0.426. The minimum atomic E-state index is -0.183. The molecular weight excluding hydrogens is 270 g/mol. The van der Waals surface area contributed by atoms with Crippen molar-refractivity contribution >= 4 is 29.3 Å². The first-order valence-corrected chi connectivity index (χ1v) is 6.90. The minimum absolute atomic E-state index is 0.183. The van der Waals surface area contributed by atoms with Crippen molar-refractivity contribution in [3.63, 3.8) is 0 Å². The van der Waals surface area contributed by atoms with E-state index < -0.39 is 0 Å². The summed E-state index contributed by atoms with van der Waals surface area (Å²) >= 11 is 7.59. The molecule has 18 heavy (non-hydrogen) atoms. The normalized spacial score (nSPS) is 10.3. The lowest BCUT2D eigenvalue weighted by molar-refractivity contribution is 0.0951. The van der Waals surface area contributed by atoms with Crippen LogP contribution >= 0.6 is 23.4 Å². The second kappa shape index (κ2) is 5.93. The summed E-state index contributed by atoms with van der Waals surface area (Å²) in [6, 6.07) is 5.41. The molecule has 1 aromatic heterocycles. The predicted molar refractivity (Wildman–Crippen MR) is 73.0 cm³/mol. The molecule has 1 amide bonds. The fourth-order valence-corrected chi connectivity index (χ4v) is 2.10. The standard InChI is InChI=1S/C12H12ClN3OS/c1-18-9-2-3-11(13)10(4-9)12(17)14-5-8-6-15-16-7-8/h2-4,6-7H,5H2,1H3,(H,14,17)(H,15,16). The molecule has 0 unspecified atom stereocenters. The third-order valence-corrected chi connectivity index (χ3v) is 3.48. The molecule has 1 heterocycles. The topological polar surface area (TPSA) is 57.8 Å². The number of halogens is 1. The highest BCUT2D eigenvalue weighted by molar-refractivity contribution is 7.98. The third-order valence-electron chi connectivity index (χ3n) is 2.43. The first-order chi connectivity index (χ1) is 8.70. The Balaban J connectivity index is 2.08. The van der Waals surface area contributed by atoms with Crippen LogP contribution in [0.1, 0.15) is 15.9 Å². The molecule has 1 aromatic carbocycles. The second-order valence-electron chi connectivity index (χ2n) is 3.64. The quantitative estimate of drug-likeness (QED) is 0.847. The van der Waals surface area contributed by atoms with E-state index in [0.717, 1.165) is 10.5 Å². The van der Waals surface area contributed by atoms with Gasteiger partial charge in [0.05, 0.1) is 16.8 Å². The highest BCUT2D eigenvalue weighted by Crippen LogP contribution is 2.22. The second-order valence-corrected chi connectivity index (χ2v) is 4.92. The Bertz CT molecular complexity index is 542. The van der Waals surface area contributed by atoms with Crippen LogP contribution < -0.4 is 5.32 Å². The molecule has 0 bridgehead atoms. The number of hydrogen-bond acceptors (Lipinski definition) is 3. The average molecular weight is 282 g/mol. The van der Waals surface area contributed by atoms with Crippen molar-refractivity contribution in [1.29, 1.82) is 0 Å². The molecule has 0 saturated carbocycles. The Morgan fingerprint density at radius 2 is 2.39 bits per heavy atom. The van der Waals surface area contributed by atoms with Crippen LogP contribution in [0.25, 0.3) is 0 Å². The number of nitrogens with zero attached hydrogens (tertiary/aromatic N) is 1. The van der Waals surface area contributed by atoms with E-state index in [9.17, 15) is 4.79 Å². The molecule has 94 valence electrons. The summed E-state index contributed by atoms with van der Waals surface area (Å²) in [7, 11) is 0. The maximum Gasteiger partial charge on any atom is 0.253 e. The highest BCUT2D eigenvalue weighted by Gasteiger charge is 2.11. The van der Waals surface area contributed by atoms with Gasteiger partial charge in [-0.3, -0.25) is 9.89 Å². The van der Waals surface area contributed by atoms with Gasteiger partial charge in [-0.1, -0.05) is 11.6 Å². The van der Waals surface area contributed by atoms with Crippen LogP contribution in [0.4, 0.5) is 0 Å². The Morgan fingerprint density at radius 1 is 1.56 bits per heavy atom. The number of aromatic amines is 1. The lowest BCUT2D eigenvalue weighted by Crippen LogP contribution is -2.22. The van der Waals surface area contributed by atoms with Gasteiger partial charge in [0.2, 0.25) is 0 Å². The zero-order chi connectivity index (χ0) is 13.0. The van der Waals surface area contributed by atoms with Gasteiger partial charge in [0.25, 0.3) is 5.91 Å². The number of carbonyl (C=O) groups is 1. The SMILES string of the molecule is CSc1ccc(Cl)c(C(=O)NCc2cn[nH]c2)c1. The summed E-state index contributed by atoms with van der Waals surface area (Å²) in [4.78, 5) is 13.0. The molecule has 0 radical (unpaired) electrons. The van der Waals surface area contributed by atoms with Gasteiger partial charge in [-0.25, -0.2) is 0 Å². The maximum absolute atomic E-state index is 12.0. The molecule has 0 saturated heterocycles. The largest absolute Gasteiger partial charge is 0.348 e. The van der Waals surface area contributed by atoms with Gasteiger partial charge in [-0.05, 0) is 24.5 Å². The molecule has 6 heteroatoms. The molecule has 2 rings (SSSR count). The molecule has 0 aliphatic heterocycles. The van der Waals surface area contributed by atoms with Crippen molar-refractivity contribution in [2.75, 3.05) is 6.26 Å². The van der Waals surface area contributed by atoms with Crippen LogP contribution in [0.2, 0.25) is 5.02 Å². The highest BCUT2D eigenvalue weighted by atomic mass is 35.5. The van der Waals surface area contributed by atoms with Gasteiger partial charge >= 0.3 is 0 Å². The van der Waals surface area contributed by atoms with Crippen molar-refractivity contribution in [2.24, 2.45) is 0 Å². The number of rotatable bonds is 4.